The van der Waals surface area contributed by atoms with Crippen LogP contribution in [0.15, 0.2) is 36.9 Å². The predicted molar refractivity (Wildman–Crippen MR) is 51.8 cm³/mol. The van der Waals surface area contributed by atoms with E-state index in [0.717, 1.165) is 0 Å². The van der Waals surface area contributed by atoms with Crippen molar-refractivity contribution in [2.75, 3.05) is 0 Å². The molecule has 0 aliphatic rings. The molecule has 14 heavy (non-hydrogen) atoms. The van der Waals surface area contributed by atoms with Gasteiger partial charge in [-0.25, -0.2) is 9.55 Å². The zero-order chi connectivity index (χ0) is 9.26. The third-order valence-electron chi connectivity index (χ3n) is 2.18. The molecular formula is C11H13ClN2. The second-order valence-electron chi connectivity index (χ2n) is 3.31. The van der Waals surface area contributed by atoms with Crippen LogP contribution in [-0.2, 0) is 0 Å². The van der Waals surface area contributed by atoms with Crippen LogP contribution in [0.3, 0.4) is 0 Å². The van der Waals surface area contributed by atoms with Crippen LogP contribution < -0.4 is 17.0 Å². The van der Waals surface area contributed by atoms with Crippen LogP contribution in [0.2, 0.25) is 0 Å². The van der Waals surface area contributed by atoms with E-state index in [1.807, 2.05) is 18.7 Å². The zero-order valence-corrected chi connectivity index (χ0v) is 9.05. The van der Waals surface area contributed by atoms with Gasteiger partial charge in [0.15, 0.2) is 0 Å². The summed E-state index contributed by atoms with van der Waals surface area (Å²) in [6.45, 7) is 4.24. The van der Waals surface area contributed by atoms with Crippen LogP contribution in [-0.4, -0.2) is 4.98 Å². The van der Waals surface area contributed by atoms with E-state index < -0.39 is 0 Å². The number of rotatable bonds is 1. The maximum Gasteiger partial charge on any atom is 0.246 e. The minimum atomic E-state index is 0. The van der Waals surface area contributed by atoms with E-state index >= 15 is 0 Å². The number of hydrogen-bond acceptors (Lipinski definition) is 0. The Kier molecular flexibility index (Phi) is 3.31. The Hall–Kier alpha value is -1.28. The smallest absolute Gasteiger partial charge is 0.246 e. The van der Waals surface area contributed by atoms with Gasteiger partial charge in [0.1, 0.15) is 18.1 Å². The fourth-order valence-electron chi connectivity index (χ4n) is 1.53. The normalized spacial score (nSPS) is 9.57. The molecular weight excluding hydrogens is 196 g/mol. The Balaban J connectivity index is 0.000000980. The van der Waals surface area contributed by atoms with Crippen LogP contribution >= 0.6 is 0 Å². The van der Waals surface area contributed by atoms with Gasteiger partial charge in [0.25, 0.3) is 0 Å². The molecule has 0 radical (unpaired) electrons. The second-order valence-corrected chi connectivity index (χ2v) is 3.31. The minimum absolute atomic E-state index is 0. The van der Waals surface area contributed by atoms with Gasteiger partial charge < -0.3 is 12.4 Å². The van der Waals surface area contributed by atoms with Gasteiger partial charge in [0.05, 0.1) is 0 Å². The van der Waals surface area contributed by atoms with E-state index in [0.29, 0.717) is 0 Å². The van der Waals surface area contributed by atoms with Crippen LogP contribution in [0.5, 0.6) is 0 Å². The van der Waals surface area contributed by atoms with E-state index in [9.17, 15) is 0 Å². The molecule has 2 rings (SSSR count). The van der Waals surface area contributed by atoms with Crippen molar-refractivity contribution < 1.29 is 17.0 Å². The highest BCUT2D eigenvalue weighted by Gasteiger charge is 2.04. The molecule has 0 saturated heterocycles. The molecule has 0 amide bonds. The number of H-pyrrole nitrogens is 1. The minimum Gasteiger partial charge on any atom is -1.00 e. The van der Waals surface area contributed by atoms with Gasteiger partial charge in [0.2, 0.25) is 6.33 Å². The Bertz CT molecular complexity index is 407. The van der Waals surface area contributed by atoms with Crippen molar-refractivity contribution in [2.24, 2.45) is 0 Å². The highest BCUT2D eigenvalue weighted by Crippen LogP contribution is 2.09. The SMILES string of the molecule is Cc1ccc(-[n+]2cc[nH]c2)c(C)c1.[Cl-]. The van der Waals surface area contributed by atoms with E-state index in [2.05, 4.69) is 41.6 Å². The summed E-state index contributed by atoms with van der Waals surface area (Å²) in [6.07, 6.45) is 5.87. The first-order chi connectivity index (χ1) is 6.27. The molecule has 1 aromatic carbocycles. The number of imidazole rings is 1. The first-order valence-electron chi connectivity index (χ1n) is 4.39. The second kappa shape index (κ2) is 4.29. The van der Waals surface area contributed by atoms with E-state index in [-0.39, 0.29) is 12.4 Å². The Labute approximate surface area is 90.0 Å². The lowest BCUT2D eigenvalue weighted by molar-refractivity contribution is -0.594. The average molecular weight is 209 g/mol. The number of hydrogen-bond donors (Lipinski definition) is 1. The van der Waals surface area contributed by atoms with Gasteiger partial charge >= 0.3 is 0 Å². The first kappa shape index (κ1) is 10.8. The quantitative estimate of drug-likeness (QED) is 0.575. The van der Waals surface area contributed by atoms with Gasteiger partial charge in [-0.15, -0.1) is 0 Å². The molecule has 0 spiro atoms. The Morgan fingerprint density at radius 3 is 2.57 bits per heavy atom. The molecule has 0 atom stereocenters. The largest absolute Gasteiger partial charge is 1.00 e. The van der Waals surface area contributed by atoms with E-state index in [1.165, 1.54) is 16.8 Å². The topological polar surface area (TPSA) is 19.7 Å². The fraction of sp³-hybridized carbons (Fsp3) is 0.182. The first-order valence-corrected chi connectivity index (χ1v) is 4.39. The summed E-state index contributed by atoms with van der Waals surface area (Å²) in [5.74, 6) is 0. The van der Waals surface area contributed by atoms with Gasteiger partial charge in [0, 0.05) is 0 Å². The molecule has 0 aliphatic carbocycles. The molecule has 1 aromatic heterocycles. The lowest BCUT2D eigenvalue weighted by atomic mass is 10.1. The molecule has 0 bridgehead atoms. The van der Waals surface area contributed by atoms with E-state index in [4.69, 9.17) is 0 Å². The van der Waals surface area contributed by atoms with Crippen molar-refractivity contribution >= 4 is 0 Å². The molecule has 2 aromatic rings. The Morgan fingerprint density at radius 2 is 2.00 bits per heavy atom. The number of nitrogens with one attached hydrogen (secondary N) is 1. The van der Waals surface area contributed by atoms with Crippen LogP contribution in [0, 0.1) is 13.8 Å². The fourth-order valence-corrected chi connectivity index (χ4v) is 1.53. The summed E-state index contributed by atoms with van der Waals surface area (Å²) in [7, 11) is 0. The van der Waals surface area contributed by atoms with Gasteiger partial charge in [-0.3, -0.25) is 0 Å². The summed E-state index contributed by atoms with van der Waals surface area (Å²) >= 11 is 0. The molecule has 3 heteroatoms. The molecule has 0 saturated carbocycles. The lowest BCUT2D eigenvalue weighted by Crippen LogP contribution is -3.00. The van der Waals surface area contributed by atoms with Crippen molar-refractivity contribution in [3.8, 4) is 5.69 Å². The average Bonchev–Trinajstić information content (AvgIpc) is 2.56. The maximum atomic E-state index is 3.03. The van der Waals surface area contributed by atoms with Crippen LogP contribution in [0.25, 0.3) is 5.69 Å². The number of aromatic amines is 1. The number of nitrogens with zero attached hydrogens (tertiary/aromatic N) is 1. The monoisotopic (exact) mass is 208 g/mol. The summed E-state index contributed by atoms with van der Waals surface area (Å²) < 4.78 is 2.08. The van der Waals surface area contributed by atoms with Crippen molar-refractivity contribution in [1.82, 2.24) is 4.98 Å². The van der Waals surface area contributed by atoms with Crippen LogP contribution in [0.1, 0.15) is 11.1 Å². The molecule has 1 N–H and O–H groups in total. The highest BCUT2D eigenvalue weighted by molar-refractivity contribution is 5.35. The molecule has 74 valence electrons. The summed E-state index contributed by atoms with van der Waals surface area (Å²) in [5, 5.41) is 0. The Morgan fingerprint density at radius 1 is 1.21 bits per heavy atom. The molecule has 0 fully saturated rings. The highest BCUT2D eigenvalue weighted by atomic mass is 35.5. The molecule has 0 aliphatic heterocycles. The van der Waals surface area contributed by atoms with Crippen molar-refractivity contribution in [2.45, 2.75) is 13.8 Å². The number of aromatic nitrogens is 2. The van der Waals surface area contributed by atoms with Crippen LogP contribution in [0.4, 0.5) is 0 Å². The molecule has 2 nitrogen and oxygen atoms in total. The van der Waals surface area contributed by atoms with Gasteiger partial charge in [-0.1, -0.05) is 17.7 Å². The van der Waals surface area contributed by atoms with Gasteiger partial charge in [-0.05, 0) is 25.5 Å². The maximum absolute atomic E-state index is 3.03. The molecule has 1 heterocycles. The third-order valence-corrected chi connectivity index (χ3v) is 2.18. The lowest BCUT2D eigenvalue weighted by Gasteiger charge is -2.01. The predicted octanol–water partition coefficient (Wildman–Crippen LogP) is -1.09. The van der Waals surface area contributed by atoms with Gasteiger partial charge in [-0.2, -0.15) is 0 Å². The van der Waals surface area contributed by atoms with E-state index in [1.54, 1.807) is 0 Å². The van der Waals surface area contributed by atoms with Crippen molar-refractivity contribution in [3.05, 3.63) is 48.0 Å². The number of aryl methyl sites for hydroxylation is 2. The van der Waals surface area contributed by atoms with Crippen molar-refractivity contribution in [3.63, 3.8) is 0 Å². The number of halogens is 1. The number of benzene rings is 1. The molecule has 0 unspecified atom stereocenters. The van der Waals surface area contributed by atoms with Crippen molar-refractivity contribution in [1.29, 1.82) is 0 Å². The standard InChI is InChI=1S/C11H12N2.ClH/c1-9-3-4-11(10(2)7-9)13-6-5-12-8-13;/h3-8H,1-2H3;1H. The summed E-state index contributed by atoms with van der Waals surface area (Å²) in [4.78, 5) is 3.03. The summed E-state index contributed by atoms with van der Waals surface area (Å²) in [6, 6.07) is 6.45. The zero-order valence-electron chi connectivity index (χ0n) is 8.29. The third kappa shape index (κ3) is 1.96. The summed E-state index contributed by atoms with van der Waals surface area (Å²) in [5.41, 5.74) is 3.83.